The van der Waals surface area contributed by atoms with Gasteiger partial charge in [0, 0.05) is 35.9 Å². The zero-order chi connectivity index (χ0) is 20.7. The molecule has 3 atom stereocenters. The minimum absolute atomic E-state index is 0.220. The van der Waals surface area contributed by atoms with Crippen LogP contribution in [0.1, 0.15) is 43.4 Å². The van der Waals surface area contributed by atoms with Gasteiger partial charge in [-0.15, -0.1) is 0 Å². The average Bonchev–Trinajstić information content (AvgIpc) is 3.29. The second kappa shape index (κ2) is 7.71. The Bertz CT molecular complexity index is 1100. The summed E-state index contributed by atoms with van der Waals surface area (Å²) in [5.41, 5.74) is 5.28. The van der Waals surface area contributed by atoms with Gasteiger partial charge in [-0.05, 0) is 66.8 Å². The van der Waals surface area contributed by atoms with Crippen LogP contribution >= 0.6 is 0 Å². The summed E-state index contributed by atoms with van der Waals surface area (Å²) >= 11 is 0. The van der Waals surface area contributed by atoms with E-state index in [1.807, 2.05) is 0 Å². The zero-order valence-corrected chi connectivity index (χ0v) is 18.1. The van der Waals surface area contributed by atoms with Crippen LogP contribution in [0.5, 0.6) is 5.75 Å². The van der Waals surface area contributed by atoms with Gasteiger partial charge in [-0.1, -0.05) is 42.5 Å². The normalized spacial score (nSPS) is 21.8. The summed E-state index contributed by atoms with van der Waals surface area (Å²) in [5, 5.41) is 6.46. The van der Waals surface area contributed by atoms with Gasteiger partial charge < -0.3 is 15.0 Å². The minimum Gasteiger partial charge on any atom is -0.496 e. The van der Waals surface area contributed by atoms with E-state index in [0.717, 1.165) is 25.3 Å². The number of ether oxygens (including phenoxy) is 1. The molecular formula is C27H30N2O. The van der Waals surface area contributed by atoms with Crippen LogP contribution in [-0.4, -0.2) is 20.2 Å². The topological polar surface area (TPSA) is 24.5 Å². The van der Waals surface area contributed by atoms with Crippen molar-refractivity contribution in [3.05, 3.63) is 77.9 Å². The fourth-order valence-electron chi connectivity index (χ4n) is 5.43. The number of benzene rings is 3. The summed E-state index contributed by atoms with van der Waals surface area (Å²) in [4.78, 5) is 2.42. The van der Waals surface area contributed by atoms with Crippen LogP contribution in [0.15, 0.2) is 66.7 Å². The van der Waals surface area contributed by atoms with Gasteiger partial charge in [-0.25, -0.2) is 0 Å². The lowest BCUT2D eigenvalue weighted by molar-refractivity contribution is 0.383. The van der Waals surface area contributed by atoms with E-state index in [1.165, 1.54) is 33.3 Å². The Hall–Kier alpha value is -2.94. The second-order valence-electron chi connectivity index (χ2n) is 8.32. The molecule has 3 heteroatoms. The van der Waals surface area contributed by atoms with E-state index >= 15 is 0 Å². The van der Waals surface area contributed by atoms with E-state index in [1.54, 1.807) is 7.11 Å². The molecule has 0 radical (unpaired) electrons. The summed E-state index contributed by atoms with van der Waals surface area (Å²) in [6.07, 6.45) is 5.87. The molecule has 0 saturated heterocycles. The molecule has 1 heterocycles. The van der Waals surface area contributed by atoms with Gasteiger partial charge in [-0.2, -0.15) is 0 Å². The van der Waals surface area contributed by atoms with Crippen molar-refractivity contribution in [1.29, 1.82) is 0 Å². The summed E-state index contributed by atoms with van der Waals surface area (Å²) in [6, 6.07) is 20.1. The number of nitrogens with zero attached hydrogens (tertiary/aromatic N) is 1. The number of nitrogens with one attached hydrogen (secondary N) is 1. The molecule has 3 nitrogen and oxygen atoms in total. The molecule has 0 spiro atoms. The molecule has 1 N–H and O–H groups in total. The molecule has 0 aromatic heterocycles. The SMILES string of the molecule is CCN(CC)c1ccc2c(c1)C1C=CCC1C(c1c(OC)ccc3ccccc13)N2. The number of fused-ring (bicyclic) bond motifs is 4. The third-order valence-corrected chi connectivity index (χ3v) is 6.94. The van der Waals surface area contributed by atoms with Crippen LogP contribution in [0.3, 0.4) is 0 Å². The van der Waals surface area contributed by atoms with Crippen LogP contribution in [0, 0.1) is 5.92 Å². The fourth-order valence-corrected chi connectivity index (χ4v) is 5.43. The number of hydrogen-bond donors (Lipinski definition) is 1. The molecule has 3 aromatic carbocycles. The second-order valence-corrected chi connectivity index (χ2v) is 8.32. The monoisotopic (exact) mass is 398 g/mol. The van der Waals surface area contributed by atoms with Gasteiger partial charge in [0.1, 0.15) is 5.75 Å². The van der Waals surface area contributed by atoms with Gasteiger partial charge in [0.15, 0.2) is 0 Å². The minimum atomic E-state index is 0.220. The first kappa shape index (κ1) is 19.0. The third kappa shape index (κ3) is 2.96. The Morgan fingerprint density at radius 2 is 1.87 bits per heavy atom. The standard InChI is InChI=1S/C27H30N2O/c1-4-29(5-2)19-14-15-24-23(17-19)21-11-8-12-22(21)27(28-24)26-20-10-7-6-9-18(20)13-16-25(26)30-3/h6-11,13-17,21-22,27-28H,4-5,12H2,1-3H3. The molecule has 2 aliphatic rings. The van der Waals surface area contributed by atoms with E-state index in [9.17, 15) is 0 Å². The van der Waals surface area contributed by atoms with Crippen LogP contribution in [-0.2, 0) is 0 Å². The lowest BCUT2D eigenvalue weighted by Gasteiger charge is -2.39. The quantitative estimate of drug-likeness (QED) is 0.495. The van der Waals surface area contributed by atoms with Gasteiger partial charge in [0.2, 0.25) is 0 Å². The Morgan fingerprint density at radius 3 is 2.67 bits per heavy atom. The van der Waals surface area contributed by atoms with Crippen molar-refractivity contribution in [3.63, 3.8) is 0 Å². The van der Waals surface area contributed by atoms with Crippen molar-refractivity contribution in [2.24, 2.45) is 5.92 Å². The van der Waals surface area contributed by atoms with E-state index in [2.05, 4.69) is 90.8 Å². The smallest absolute Gasteiger partial charge is 0.124 e. The highest BCUT2D eigenvalue weighted by Crippen LogP contribution is 2.53. The Labute approximate surface area is 179 Å². The highest BCUT2D eigenvalue weighted by atomic mass is 16.5. The molecule has 0 bridgehead atoms. The van der Waals surface area contributed by atoms with Crippen molar-refractivity contribution in [2.45, 2.75) is 32.2 Å². The Kier molecular flexibility index (Phi) is 4.90. The number of hydrogen-bond acceptors (Lipinski definition) is 3. The molecule has 0 fully saturated rings. The van der Waals surface area contributed by atoms with Crippen molar-refractivity contribution in [2.75, 3.05) is 30.4 Å². The number of methoxy groups -OCH3 is 1. The largest absolute Gasteiger partial charge is 0.496 e. The number of anilines is 2. The van der Waals surface area contributed by atoms with Crippen LogP contribution in [0.25, 0.3) is 10.8 Å². The van der Waals surface area contributed by atoms with E-state index in [0.29, 0.717) is 11.8 Å². The molecule has 3 aromatic rings. The number of allylic oxidation sites excluding steroid dienone is 2. The zero-order valence-electron chi connectivity index (χ0n) is 18.1. The van der Waals surface area contributed by atoms with Gasteiger partial charge in [0.05, 0.1) is 13.2 Å². The first-order chi connectivity index (χ1) is 14.7. The van der Waals surface area contributed by atoms with Crippen molar-refractivity contribution in [3.8, 4) is 5.75 Å². The molecule has 0 amide bonds. The van der Waals surface area contributed by atoms with Crippen molar-refractivity contribution >= 4 is 22.1 Å². The van der Waals surface area contributed by atoms with E-state index < -0.39 is 0 Å². The summed E-state index contributed by atoms with van der Waals surface area (Å²) < 4.78 is 5.86. The molecule has 0 saturated carbocycles. The van der Waals surface area contributed by atoms with Crippen LogP contribution < -0.4 is 15.0 Å². The predicted molar refractivity (Wildman–Crippen MR) is 127 cm³/mol. The predicted octanol–water partition coefficient (Wildman–Crippen LogP) is 6.52. The summed E-state index contributed by atoms with van der Waals surface area (Å²) in [6.45, 7) is 6.51. The third-order valence-electron chi connectivity index (χ3n) is 6.94. The maximum atomic E-state index is 5.86. The van der Waals surface area contributed by atoms with Gasteiger partial charge in [-0.3, -0.25) is 0 Å². The van der Waals surface area contributed by atoms with Crippen molar-refractivity contribution < 1.29 is 4.74 Å². The maximum Gasteiger partial charge on any atom is 0.124 e. The summed E-state index contributed by atoms with van der Waals surface area (Å²) in [5.74, 6) is 1.90. The Morgan fingerprint density at radius 1 is 1.03 bits per heavy atom. The lowest BCUT2D eigenvalue weighted by atomic mass is 9.75. The van der Waals surface area contributed by atoms with Crippen LogP contribution in [0.2, 0.25) is 0 Å². The highest BCUT2D eigenvalue weighted by Gasteiger charge is 2.39. The molecule has 154 valence electrons. The maximum absolute atomic E-state index is 5.86. The van der Waals surface area contributed by atoms with Gasteiger partial charge >= 0.3 is 0 Å². The molecule has 30 heavy (non-hydrogen) atoms. The molecular weight excluding hydrogens is 368 g/mol. The molecule has 5 rings (SSSR count). The van der Waals surface area contributed by atoms with Crippen LogP contribution in [0.4, 0.5) is 11.4 Å². The van der Waals surface area contributed by atoms with E-state index in [-0.39, 0.29) is 6.04 Å². The van der Waals surface area contributed by atoms with E-state index in [4.69, 9.17) is 4.74 Å². The molecule has 3 unspecified atom stereocenters. The van der Waals surface area contributed by atoms with Gasteiger partial charge in [0.25, 0.3) is 0 Å². The number of rotatable bonds is 5. The molecule has 1 aliphatic heterocycles. The lowest BCUT2D eigenvalue weighted by Crippen LogP contribution is -2.30. The Balaban J connectivity index is 1.64. The highest BCUT2D eigenvalue weighted by molar-refractivity contribution is 5.89. The first-order valence-corrected chi connectivity index (χ1v) is 11.1. The van der Waals surface area contributed by atoms with Crippen molar-refractivity contribution in [1.82, 2.24) is 0 Å². The first-order valence-electron chi connectivity index (χ1n) is 11.1. The summed E-state index contributed by atoms with van der Waals surface area (Å²) in [7, 11) is 1.78. The fraction of sp³-hybridized carbons (Fsp3) is 0.333. The average molecular weight is 399 g/mol. The molecule has 1 aliphatic carbocycles.